The van der Waals surface area contributed by atoms with E-state index in [-0.39, 0.29) is 11.9 Å². The number of carbonyl (C=O) groups is 1. The Kier molecular flexibility index (Phi) is 5.36. The summed E-state index contributed by atoms with van der Waals surface area (Å²) in [5.74, 6) is 1.64. The van der Waals surface area contributed by atoms with Crippen LogP contribution in [0, 0.1) is 0 Å². The summed E-state index contributed by atoms with van der Waals surface area (Å²) in [5, 5.41) is 4.26. The van der Waals surface area contributed by atoms with E-state index in [1.54, 1.807) is 17.2 Å². The average Bonchev–Trinajstić information content (AvgIpc) is 3.43. The highest BCUT2D eigenvalue weighted by Gasteiger charge is 2.30. The summed E-state index contributed by atoms with van der Waals surface area (Å²) in [6, 6.07) is 3.83. The third-order valence-electron chi connectivity index (χ3n) is 5.84. The number of anilines is 1. The van der Waals surface area contributed by atoms with Gasteiger partial charge in [0.1, 0.15) is 18.2 Å². The minimum Gasteiger partial charge on any atom is -0.357 e. The van der Waals surface area contributed by atoms with Gasteiger partial charge in [-0.05, 0) is 38.2 Å². The van der Waals surface area contributed by atoms with Gasteiger partial charge in [0.2, 0.25) is 5.91 Å². The van der Waals surface area contributed by atoms with E-state index in [4.69, 9.17) is 0 Å². The fourth-order valence-corrected chi connectivity index (χ4v) is 4.25. The molecule has 2 aromatic rings. The normalized spacial score (nSPS) is 19.4. The SMILES string of the molecule is CC[C@H](C(=O)N1CCC(c2cc(N3CCCC3)ncn2)CC1)n1cccn1. The van der Waals surface area contributed by atoms with Crippen LogP contribution >= 0.6 is 0 Å². The Labute approximate surface area is 160 Å². The first-order valence-corrected chi connectivity index (χ1v) is 10.1. The third-order valence-corrected chi connectivity index (χ3v) is 5.84. The van der Waals surface area contributed by atoms with Crippen LogP contribution in [0.4, 0.5) is 5.82 Å². The molecule has 7 nitrogen and oxygen atoms in total. The Bertz CT molecular complexity index is 748. The van der Waals surface area contributed by atoms with Gasteiger partial charge in [-0.3, -0.25) is 9.48 Å². The van der Waals surface area contributed by atoms with E-state index in [9.17, 15) is 4.79 Å². The summed E-state index contributed by atoms with van der Waals surface area (Å²) >= 11 is 0. The Morgan fingerprint density at radius 2 is 1.96 bits per heavy atom. The van der Waals surface area contributed by atoms with Crippen molar-refractivity contribution in [2.24, 2.45) is 0 Å². The molecule has 2 aliphatic heterocycles. The molecule has 27 heavy (non-hydrogen) atoms. The van der Waals surface area contributed by atoms with Gasteiger partial charge in [-0.25, -0.2) is 9.97 Å². The second-order valence-corrected chi connectivity index (χ2v) is 7.50. The van der Waals surface area contributed by atoms with Crippen molar-refractivity contribution in [3.05, 3.63) is 36.5 Å². The number of amides is 1. The molecule has 0 aliphatic carbocycles. The third kappa shape index (κ3) is 3.82. The van der Waals surface area contributed by atoms with Crippen molar-refractivity contribution in [1.82, 2.24) is 24.6 Å². The van der Waals surface area contributed by atoms with E-state index in [0.29, 0.717) is 5.92 Å². The lowest BCUT2D eigenvalue weighted by atomic mass is 9.92. The van der Waals surface area contributed by atoms with E-state index in [2.05, 4.69) is 26.0 Å². The summed E-state index contributed by atoms with van der Waals surface area (Å²) in [7, 11) is 0. The van der Waals surface area contributed by atoms with Gasteiger partial charge >= 0.3 is 0 Å². The number of rotatable bonds is 5. The summed E-state index contributed by atoms with van der Waals surface area (Å²) in [4.78, 5) is 26.3. The molecule has 7 heteroatoms. The van der Waals surface area contributed by atoms with Crippen molar-refractivity contribution >= 4 is 11.7 Å². The minimum atomic E-state index is -0.197. The molecule has 2 saturated heterocycles. The minimum absolute atomic E-state index is 0.181. The number of hydrogen-bond donors (Lipinski definition) is 0. The summed E-state index contributed by atoms with van der Waals surface area (Å²) in [5.41, 5.74) is 1.12. The van der Waals surface area contributed by atoms with Crippen molar-refractivity contribution in [3.8, 4) is 0 Å². The highest BCUT2D eigenvalue weighted by molar-refractivity contribution is 5.80. The molecule has 2 aromatic heterocycles. The Morgan fingerprint density at radius 3 is 2.63 bits per heavy atom. The summed E-state index contributed by atoms with van der Waals surface area (Å²) < 4.78 is 1.78. The van der Waals surface area contributed by atoms with Crippen LogP contribution in [-0.2, 0) is 4.79 Å². The van der Waals surface area contributed by atoms with Gasteiger partial charge in [-0.2, -0.15) is 5.10 Å². The van der Waals surface area contributed by atoms with Gasteiger partial charge in [0.25, 0.3) is 0 Å². The van der Waals surface area contributed by atoms with Gasteiger partial charge in [0.05, 0.1) is 0 Å². The number of aromatic nitrogens is 4. The topological polar surface area (TPSA) is 67.2 Å². The fraction of sp³-hybridized carbons (Fsp3) is 0.600. The molecule has 4 rings (SSSR count). The molecule has 1 atom stereocenters. The van der Waals surface area contributed by atoms with Gasteiger partial charge in [0.15, 0.2) is 0 Å². The Hall–Kier alpha value is -2.44. The van der Waals surface area contributed by atoms with Gasteiger partial charge in [-0.1, -0.05) is 6.92 Å². The van der Waals surface area contributed by atoms with Crippen LogP contribution in [0.25, 0.3) is 0 Å². The fourth-order valence-electron chi connectivity index (χ4n) is 4.25. The van der Waals surface area contributed by atoms with Crippen LogP contribution in [0.15, 0.2) is 30.9 Å². The van der Waals surface area contributed by atoms with Crippen molar-refractivity contribution in [2.45, 2.75) is 51.0 Å². The molecule has 0 aromatic carbocycles. The monoisotopic (exact) mass is 368 g/mol. The van der Waals surface area contributed by atoms with Crippen LogP contribution in [0.1, 0.15) is 56.7 Å². The molecule has 0 radical (unpaired) electrons. The Morgan fingerprint density at radius 1 is 1.19 bits per heavy atom. The highest BCUT2D eigenvalue weighted by atomic mass is 16.2. The first-order chi connectivity index (χ1) is 13.3. The number of nitrogens with zero attached hydrogens (tertiary/aromatic N) is 6. The predicted molar refractivity (Wildman–Crippen MR) is 104 cm³/mol. The predicted octanol–water partition coefficient (Wildman–Crippen LogP) is 2.63. The molecule has 1 amide bonds. The second kappa shape index (κ2) is 8.06. The van der Waals surface area contributed by atoms with Gasteiger partial charge in [-0.15, -0.1) is 0 Å². The maximum absolute atomic E-state index is 12.9. The van der Waals surface area contributed by atoms with Crippen LogP contribution < -0.4 is 4.90 Å². The molecule has 0 unspecified atom stereocenters. The Balaban J connectivity index is 1.39. The molecule has 0 spiro atoms. The van der Waals surface area contributed by atoms with E-state index in [1.165, 1.54) is 12.8 Å². The summed E-state index contributed by atoms with van der Waals surface area (Å²) in [6.45, 7) is 5.79. The zero-order valence-corrected chi connectivity index (χ0v) is 16.0. The van der Waals surface area contributed by atoms with Crippen LogP contribution in [0.3, 0.4) is 0 Å². The van der Waals surface area contributed by atoms with E-state index in [0.717, 1.165) is 57.0 Å². The lowest BCUT2D eigenvalue weighted by Gasteiger charge is -2.34. The second-order valence-electron chi connectivity index (χ2n) is 7.50. The van der Waals surface area contributed by atoms with E-state index >= 15 is 0 Å². The van der Waals surface area contributed by atoms with Crippen LogP contribution in [0.5, 0.6) is 0 Å². The van der Waals surface area contributed by atoms with Crippen molar-refractivity contribution < 1.29 is 4.79 Å². The van der Waals surface area contributed by atoms with Crippen LogP contribution in [0.2, 0.25) is 0 Å². The maximum Gasteiger partial charge on any atom is 0.247 e. The molecule has 2 aliphatic rings. The molecule has 0 saturated carbocycles. The zero-order valence-electron chi connectivity index (χ0n) is 16.0. The first kappa shape index (κ1) is 17.9. The lowest BCUT2D eigenvalue weighted by Crippen LogP contribution is -2.42. The maximum atomic E-state index is 12.9. The lowest BCUT2D eigenvalue weighted by molar-refractivity contribution is -0.136. The molecular weight excluding hydrogens is 340 g/mol. The highest BCUT2D eigenvalue weighted by Crippen LogP contribution is 2.30. The molecule has 144 valence electrons. The molecule has 2 fully saturated rings. The zero-order chi connectivity index (χ0) is 18.6. The quantitative estimate of drug-likeness (QED) is 0.812. The molecule has 4 heterocycles. The first-order valence-electron chi connectivity index (χ1n) is 10.1. The standard InChI is InChI=1S/C20H28N6O/c1-2-18(26-11-5-8-23-26)20(27)25-12-6-16(7-13-25)17-14-19(22-15-21-17)24-9-3-4-10-24/h5,8,11,14-16,18H,2-4,6-7,9-10,12-13H2,1H3/t18-/m1/s1. The van der Waals surface area contributed by atoms with Gasteiger partial charge < -0.3 is 9.80 Å². The van der Waals surface area contributed by atoms with Gasteiger partial charge in [0, 0.05) is 56.3 Å². The largest absolute Gasteiger partial charge is 0.357 e. The van der Waals surface area contributed by atoms with Crippen molar-refractivity contribution in [2.75, 3.05) is 31.1 Å². The number of hydrogen-bond acceptors (Lipinski definition) is 5. The molecular formula is C20H28N6O. The number of likely N-dealkylation sites (tertiary alicyclic amines) is 1. The number of carbonyl (C=O) groups excluding carboxylic acids is 1. The number of piperidine rings is 1. The molecule has 0 bridgehead atoms. The van der Waals surface area contributed by atoms with Crippen LogP contribution in [-0.4, -0.2) is 56.7 Å². The van der Waals surface area contributed by atoms with Crippen molar-refractivity contribution in [3.63, 3.8) is 0 Å². The smallest absolute Gasteiger partial charge is 0.247 e. The van der Waals surface area contributed by atoms with Crippen molar-refractivity contribution in [1.29, 1.82) is 0 Å². The van der Waals surface area contributed by atoms with E-state index in [1.807, 2.05) is 24.1 Å². The molecule has 0 N–H and O–H groups in total. The van der Waals surface area contributed by atoms with E-state index < -0.39 is 0 Å². The summed E-state index contributed by atoms with van der Waals surface area (Å²) in [6.07, 6.45) is 10.5. The average molecular weight is 368 g/mol.